The zero-order chi connectivity index (χ0) is 11.3. The third-order valence-corrected chi connectivity index (χ3v) is 5.03. The molecule has 6 unspecified atom stereocenters. The summed E-state index contributed by atoms with van der Waals surface area (Å²) >= 11 is 0. The van der Waals surface area contributed by atoms with E-state index in [1.54, 1.807) is 0 Å². The van der Waals surface area contributed by atoms with Crippen LogP contribution >= 0.6 is 0 Å². The van der Waals surface area contributed by atoms with E-state index in [0.29, 0.717) is 30.5 Å². The molecule has 0 saturated heterocycles. The van der Waals surface area contributed by atoms with Crippen molar-refractivity contribution in [2.45, 2.75) is 50.7 Å². The lowest BCUT2D eigenvalue weighted by molar-refractivity contribution is -0.127. The molecule has 90 valence electrons. The minimum Gasteiger partial charge on any atom is -0.393 e. The number of hydrogen-bond acceptors (Lipinski definition) is 3. The predicted molar refractivity (Wildman–Crippen MR) is 58.7 cm³/mol. The van der Waals surface area contributed by atoms with Crippen molar-refractivity contribution in [3.8, 4) is 0 Å². The van der Waals surface area contributed by atoms with Gasteiger partial charge in [-0.05, 0) is 50.4 Å². The lowest BCUT2D eigenvalue weighted by atomic mass is 9.72. The first-order valence-electron chi connectivity index (χ1n) is 6.56. The second kappa shape index (κ2) is 3.81. The Hall–Kier alpha value is -0.410. The summed E-state index contributed by atoms with van der Waals surface area (Å²) in [6.45, 7) is 0. The van der Waals surface area contributed by atoms with Gasteiger partial charge in [-0.3, -0.25) is 4.79 Å². The molecular formula is C13H20O3. The van der Waals surface area contributed by atoms with E-state index in [1.807, 2.05) is 0 Å². The summed E-state index contributed by atoms with van der Waals surface area (Å²) in [5.74, 6) is 1.56. The van der Waals surface area contributed by atoms with Crippen LogP contribution in [0.3, 0.4) is 0 Å². The van der Waals surface area contributed by atoms with Crippen LogP contribution in [0.15, 0.2) is 0 Å². The summed E-state index contributed by atoms with van der Waals surface area (Å²) in [6.07, 6.45) is 4.55. The van der Waals surface area contributed by atoms with Crippen LogP contribution in [0, 0.1) is 23.7 Å². The van der Waals surface area contributed by atoms with Crippen molar-refractivity contribution < 1.29 is 15.0 Å². The summed E-state index contributed by atoms with van der Waals surface area (Å²) < 4.78 is 0. The molecule has 0 spiro atoms. The monoisotopic (exact) mass is 224 g/mol. The molecule has 0 aromatic rings. The van der Waals surface area contributed by atoms with Crippen LogP contribution in [0.25, 0.3) is 0 Å². The fourth-order valence-corrected chi connectivity index (χ4v) is 4.30. The van der Waals surface area contributed by atoms with Crippen LogP contribution in [0.4, 0.5) is 0 Å². The molecule has 3 rings (SSSR count). The number of carbonyl (C=O) groups is 1. The molecule has 3 heteroatoms. The first-order chi connectivity index (χ1) is 7.66. The van der Waals surface area contributed by atoms with Crippen LogP contribution in [-0.2, 0) is 4.79 Å². The molecule has 0 aromatic heterocycles. The molecule has 3 aliphatic rings. The van der Waals surface area contributed by atoms with Gasteiger partial charge in [-0.1, -0.05) is 0 Å². The smallest absolute Gasteiger partial charge is 0.139 e. The van der Waals surface area contributed by atoms with Crippen molar-refractivity contribution in [3.05, 3.63) is 0 Å². The average molecular weight is 224 g/mol. The largest absolute Gasteiger partial charge is 0.393 e. The Morgan fingerprint density at radius 3 is 1.69 bits per heavy atom. The van der Waals surface area contributed by atoms with Crippen molar-refractivity contribution in [1.82, 2.24) is 0 Å². The second-order valence-electron chi connectivity index (χ2n) is 5.88. The molecule has 16 heavy (non-hydrogen) atoms. The fraction of sp³-hybridized carbons (Fsp3) is 0.923. The van der Waals surface area contributed by atoms with E-state index < -0.39 is 0 Å². The van der Waals surface area contributed by atoms with Gasteiger partial charge in [-0.2, -0.15) is 0 Å². The molecule has 0 bridgehead atoms. The maximum Gasteiger partial charge on any atom is 0.139 e. The van der Waals surface area contributed by atoms with Crippen molar-refractivity contribution in [3.63, 3.8) is 0 Å². The summed E-state index contributed by atoms with van der Waals surface area (Å²) in [6, 6.07) is 0. The standard InChI is InChI=1S/C13H20O3/c14-7-1-3-9-10-4-2-8(15)6-12(10)13(16)11(9)5-7/h7-12,14-15H,1-6H2. The minimum atomic E-state index is -0.268. The Labute approximate surface area is 95.9 Å². The quantitative estimate of drug-likeness (QED) is 0.648. The lowest BCUT2D eigenvalue weighted by Gasteiger charge is -2.34. The number of hydrogen-bond donors (Lipinski definition) is 2. The zero-order valence-corrected chi connectivity index (χ0v) is 9.51. The minimum absolute atomic E-state index is 0.101. The molecule has 0 aromatic carbocycles. The van der Waals surface area contributed by atoms with E-state index in [-0.39, 0.29) is 24.0 Å². The van der Waals surface area contributed by atoms with E-state index in [4.69, 9.17) is 0 Å². The third kappa shape index (κ3) is 1.52. The number of carbonyl (C=O) groups excluding carboxylic acids is 1. The highest BCUT2D eigenvalue weighted by Gasteiger charge is 2.52. The van der Waals surface area contributed by atoms with Gasteiger partial charge in [0.15, 0.2) is 0 Å². The van der Waals surface area contributed by atoms with E-state index in [9.17, 15) is 15.0 Å². The van der Waals surface area contributed by atoms with Crippen molar-refractivity contribution >= 4 is 5.78 Å². The topological polar surface area (TPSA) is 57.5 Å². The van der Waals surface area contributed by atoms with E-state index in [1.165, 1.54) is 0 Å². The van der Waals surface area contributed by atoms with E-state index in [2.05, 4.69) is 0 Å². The molecule has 2 N–H and O–H groups in total. The van der Waals surface area contributed by atoms with Gasteiger partial charge in [0, 0.05) is 11.8 Å². The van der Waals surface area contributed by atoms with Crippen LogP contribution < -0.4 is 0 Å². The van der Waals surface area contributed by atoms with Crippen LogP contribution in [-0.4, -0.2) is 28.2 Å². The van der Waals surface area contributed by atoms with Gasteiger partial charge in [-0.15, -0.1) is 0 Å². The predicted octanol–water partition coefficient (Wildman–Crippen LogP) is 1.12. The molecular weight excluding hydrogens is 204 g/mol. The molecule has 3 aliphatic carbocycles. The average Bonchev–Trinajstić information content (AvgIpc) is 2.53. The number of Topliss-reactive ketones (excluding diaryl/α,β-unsaturated/α-hetero) is 1. The summed E-state index contributed by atoms with van der Waals surface area (Å²) in [5, 5.41) is 19.3. The van der Waals surface area contributed by atoms with Gasteiger partial charge >= 0.3 is 0 Å². The van der Waals surface area contributed by atoms with Crippen LogP contribution in [0.5, 0.6) is 0 Å². The first kappa shape index (κ1) is 10.7. The van der Waals surface area contributed by atoms with Crippen molar-refractivity contribution in [1.29, 1.82) is 0 Å². The molecule has 0 radical (unpaired) electrons. The van der Waals surface area contributed by atoms with E-state index >= 15 is 0 Å². The maximum absolute atomic E-state index is 12.2. The Bertz CT molecular complexity index is 274. The van der Waals surface area contributed by atoms with Gasteiger partial charge in [-0.25, -0.2) is 0 Å². The van der Waals surface area contributed by atoms with Crippen molar-refractivity contribution in [2.24, 2.45) is 23.7 Å². The molecule has 3 saturated carbocycles. The van der Waals surface area contributed by atoms with E-state index in [0.717, 1.165) is 25.7 Å². The van der Waals surface area contributed by atoms with Gasteiger partial charge in [0.1, 0.15) is 5.78 Å². The Balaban J connectivity index is 1.82. The third-order valence-electron chi connectivity index (χ3n) is 5.03. The summed E-state index contributed by atoms with van der Waals surface area (Å²) in [7, 11) is 0. The van der Waals surface area contributed by atoms with Gasteiger partial charge < -0.3 is 10.2 Å². The second-order valence-corrected chi connectivity index (χ2v) is 5.88. The van der Waals surface area contributed by atoms with Gasteiger partial charge in [0.2, 0.25) is 0 Å². The molecule has 0 heterocycles. The highest BCUT2D eigenvalue weighted by atomic mass is 16.3. The highest BCUT2D eigenvalue weighted by Crippen LogP contribution is 2.52. The number of aliphatic hydroxyl groups is 2. The zero-order valence-electron chi connectivity index (χ0n) is 9.51. The molecule has 0 aliphatic heterocycles. The Morgan fingerprint density at radius 2 is 1.25 bits per heavy atom. The normalized spacial score (nSPS) is 52.2. The SMILES string of the molecule is O=C1C2CC(O)CCC2C2CCC(O)CC12. The van der Waals surface area contributed by atoms with Gasteiger partial charge in [0.25, 0.3) is 0 Å². The molecule has 0 amide bonds. The van der Waals surface area contributed by atoms with Gasteiger partial charge in [0.05, 0.1) is 12.2 Å². The highest BCUT2D eigenvalue weighted by molar-refractivity contribution is 5.86. The Morgan fingerprint density at radius 1 is 0.812 bits per heavy atom. The molecule has 6 atom stereocenters. The van der Waals surface area contributed by atoms with Crippen molar-refractivity contribution in [2.75, 3.05) is 0 Å². The van der Waals surface area contributed by atoms with Crippen LogP contribution in [0.2, 0.25) is 0 Å². The number of ketones is 1. The first-order valence-corrected chi connectivity index (χ1v) is 6.56. The summed E-state index contributed by atoms with van der Waals surface area (Å²) in [5.41, 5.74) is 0. The molecule has 3 nitrogen and oxygen atoms in total. The molecule has 3 fully saturated rings. The number of aliphatic hydroxyl groups excluding tert-OH is 2. The Kier molecular flexibility index (Phi) is 2.55. The fourth-order valence-electron chi connectivity index (χ4n) is 4.30. The summed E-state index contributed by atoms with van der Waals surface area (Å²) in [4.78, 5) is 12.2. The number of rotatable bonds is 0. The maximum atomic E-state index is 12.2. The lowest BCUT2D eigenvalue weighted by Crippen LogP contribution is -2.30. The number of fused-ring (bicyclic) bond motifs is 3. The van der Waals surface area contributed by atoms with Crippen LogP contribution in [0.1, 0.15) is 38.5 Å².